The highest BCUT2D eigenvalue weighted by atomic mass is 16.5. The smallest absolute Gasteiger partial charge is 0.191 e. The lowest BCUT2D eigenvalue weighted by molar-refractivity contribution is 0.176. The lowest BCUT2D eigenvalue weighted by Gasteiger charge is -2.18. The average Bonchev–Trinajstić information content (AvgIpc) is 2.56. The largest absolute Gasteiger partial charge is 0.497 e. The predicted octanol–water partition coefficient (Wildman–Crippen LogP) is 1.95. The van der Waals surface area contributed by atoms with E-state index in [9.17, 15) is 5.11 Å². The highest BCUT2D eigenvalue weighted by molar-refractivity contribution is 5.79. The molecule has 0 aliphatic rings. The summed E-state index contributed by atoms with van der Waals surface area (Å²) in [4.78, 5) is 4.48. The molecule has 0 bridgehead atoms. The molecule has 1 atom stereocenters. The van der Waals surface area contributed by atoms with Crippen LogP contribution < -0.4 is 20.1 Å². The van der Waals surface area contributed by atoms with Gasteiger partial charge in [-0.2, -0.15) is 0 Å². The van der Waals surface area contributed by atoms with Gasteiger partial charge in [0.15, 0.2) is 5.96 Å². The van der Waals surface area contributed by atoms with Crippen LogP contribution in [-0.2, 0) is 0 Å². The number of rotatable bonds is 8. The summed E-state index contributed by atoms with van der Waals surface area (Å²) in [6.45, 7) is 8.06. The van der Waals surface area contributed by atoms with Gasteiger partial charge in [-0.3, -0.25) is 4.99 Å². The monoisotopic (exact) mass is 323 g/mol. The molecule has 0 amide bonds. The molecule has 1 unspecified atom stereocenters. The van der Waals surface area contributed by atoms with E-state index in [0.29, 0.717) is 35.5 Å². The van der Waals surface area contributed by atoms with E-state index in [2.05, 4.69) is 29.5 Å². The summed E-state index contributed by atoms with van der Waals surface area (Å²) in [6.07, 6.45) is -0.733. The maximum Gasteiger partial charge on any atom is 0.191 e. The number of aliphatic hydroxyl groups excluding tert-OH is 1. The Balaban J connectivity index is 2.77. The number of benzene rings is 1. The number of guanidine groups is 1. The fourth-order valence-electron chi connectivity index (χ4n) is 2.02. The number of methoxy groups -OCH3 is 2. The topological polar surface area (TPSA) is 75.1 Å². The first kappa shape index (κ1) is 19.1. The van der Waals surface area contributed by atoms with Gasteiger partial charge in [0.2, 0.25) is 0 Å². The standard InChI is InChI=1S/C17H29N3O3/c1-6-18-17(19-10-12(2)3)20-11-15(21)14-9-13(22-4)7-8-16(14)23-5/h7-9,12,15,21H,6,10-11H2,1-5H3,(H2,18,19,20). The molecule has 0 saturated heterocycles. The molecule has 130 valence electrons. The van der Waals surface area contributed by atoms with Crippen LogP contribution in [0.4, 0.5) is 0 Å². The summed E-state index contributed by atoms with van der Waals surface area (Å²) in [7, 11) is 3.18. The lowest BCUT2D eigenvalue weighted by Crippen LogP contribution is -2.39. The van der Waals surface area contributed by atoms with Crippen LogP contribution in [0.5, 0.6) is 11.5 Å². The summed E-state index contributed by atoms with van der Waals surface area (Å²) in [6, 6.07) is 5.37. The zero-order valence-corrected chi connectivity index (χ0v) is 14.7. The number of nitrogens with one attached hydrogen (secondary N) is 2. The summed E-state index contributed by atoms with van der Waals surface area (Å²) in [5, 5.41) is 16.8. The molecule has 0 aliphatic carbocycles. The number of nitrogens with zero attached hydrogens (tertiary/aromatic N) is 1. The Kier molecular flexibility index (Phi) is 8.26. The maximum atomic E-state index is 10.5. The van der Waals surface area contributed by atoms with E-state index in [-0.39, 0.29) is 0 Å². The van der Waals surface area contributed by atoms with Crippen LogP contribution in [0.25, 0.3) is 0 Å². The van der Waals surface area contributed by atoms with Crippen molar-refractivity contribution in [3.8, 4) is 11.5 Å². The fourth-order valence-corrected chi connectivity index (χ4v) is 2.02. The first-order chi connectivity index (χ1) is 11.0. The van der Waals surface area contributed by atoms with Crippen molar-refractivity contribution in [1.29, 1.82) is 0 Å². The van der Waals surface area contributed by atoms with Gasteiger partial charge in [-0.15, -0.1) is 0 Å². The summed E-state index contributed by atoms with van der Waals surface area (Å²) >= 11 is 0. The molecule has 0 fully saturated rings. The van der Waals surface area contributed by atoms with Gasteiger partial charge in [-0.05, 0) is 31.0 Å². The second-order valence-corrected chi connectivity index (χ2v) is 5.62. The molecule has 0 heterocycles. The molecule has 1 aromatic carbocycles. The molecule has 0 aliphatic heterocycles. The van der Waals surface area contributed by atoms with E-state index in [1.54, 1.807) is 32.4 Å². The number of ether oxygens (including phenoxy) is 2. The second kappa shape index (κ2) is 9.94. The van der Waals surface area contributed by atoms with E-state index >= 15 is 0 Å². The van der Waals surface area contributed by atoms with Crippen molar-refractivity contribution < 1.29 is 14.6 Å². The minimum Gasteiger partial charge on any atom is -0.497 e. The van der Waals surface area contributed by atoms with Crippen molar-refractivity contribution in [2.75, 3.05) is 33.9 Å². The van der Waals surface area contributed by atoms with Gasteiger partial charge in [-0.1, -0.05) is 13.8 Å². The highest BCUT2D eigenvalue weighted by Crippen LogP contribution is 2.28. The number of hydrogen-bond donors (Lipinski definition) is 3. The van der Waals surface area contributed by atoms with Gasteiger partial charge >= 0.3 is 0 Å². The summed E-state index contributed by atoms with van der Waals surface area (Å²) < 4.78 is 10.5. The molecule has 0 aromatic heterocycles. The maximum absolute atomic E-state index is 10.5. The third kappa shape index (κ3) is 6.36. The number of hydrogen-bond acceptors (Lipinski definition) is 4. The van der Waals surface area contributed by atoms with Gasteiger partial charge in [0.25, 0.3) is 0 Å². The van der Waals surface area contributed by atoms with E-state index in [4.69, 9.17) is 9.47 Å². The van der Waals surface area contributed by atoms with E-state index in [0.717, 1.165) is 13.1 Å². The minimum atomic E-state index is -0.733. The van der Waals surface area contributed by atoms with Crippen LogP contribution in [0.2, 0.25) is 0 Å². The Bertz CT molecular complexity index is 504. The normalized spacial score (nSPS) is 12.9. The van der Waals surface area contributed by atoms with Crippen molar-refractivity contribution in [2.45, 2.75) is 26.9 Å². The lowest BCUT2D eigenvalue weighted by atomic mass is 10.1. The summed E-state index contributed by atoms with van der Waals surface area (Å²) in [5.41, 5.74) is 0.680. The van der Waals surface area contributed by atoms with Crippen LogP contribution in [0, 0.1) is 5.92 Å². The van der Waals surface area contributed by atoms with Crippen molar-refractivity contribution >= 4 is 5.96 Å². The zero-order chi connectivity index (χ0) is 17.2. The summed E-state index contributed by atoms with van der Waals surface area (Å²) in [5.74, 6) is 2.49. The Labute approximate surface area is 138 Å². The molecule has 6 nitrogen and oxygen atoms in total. The SMILES string of the molecule is CCNC(=NCC(C)C)NCC(O)c1cc(OC)ccc1OC. The van der Waals surface area contributed by atoms with E-state index in [1.807, 2.05) is 6.92 Å². The van der Waals surface area contributed by atoms with Crippen molar-refractivity contribution in [3.05, 3.63) is 23.8 Å². The molecular weight excluding hydrogens is 294 g/mol. The Morgan fingerprint density at radius 3 is 2.52 bits per heavy atom. The predicted molar refractivity (Wildman–Crippen MR) is 93.3 cm³/mol. The molecule has 1 aromatic rings. The van der Waals surface area contributed by atoms with Gasteiger partial charge in [0.05, 0.1) is 20.3 Å². The number of aliphatic hydroxyl groups is 1. The van der Waals surface area contributed by atoms with Gasteiger partial charge in [0, 0.05) is 25.2 Å². The van der Waals surface area contributed by atoms with E-state index < -0.39 is 6.10 Å². The molecule has 0 saturated carbocycles. The quantitative estimate of drug-likeness (QED) is 0.504. The third-order valence-electron chi connectivity index (χ3n) is 3.22. The molecule has 0 radical (unpaired) electrons. The molecule has 1 rings (SSSR count). The van der Waals surface area contributed by atoms with Crippen LogP contribution in [0.3, 0.4) is 0 Å². The zero-order valence-electron chi connectivity index (χ0n) is 14.7. The average molecular weight is 323 g/mol. The van der Waals surface area contributed by atoms with Crippen molar-refractivity contribution in [3.63, 3.8) is 0 Å². The second-order valence-electron chi connectivity index (χ2n) is 5.62. The molecule has 0 spiro atoms. The molecular formula is C17H29N3O3. The van der Waals surface area contributed by atoms with E-state index in [1.165, 1.54) is 0 Å². The first-order valence-electron chi connectivity index (χ1n) is 7.93. The van der Waals surface area contributed by atoms with Gasteiger partial charge in [-0.25, -0.2) is 0 Å². The van der Waals surface area contributed by atoms with Crippen molar-refractivity contribution in [1.82, 2.24) is 10.6 Å². The molecule has 6 heteroatoms. The minimum absolute atomic E-state index is 0.327. The van der Waals surface area contributed by atoms with Gasteiger partial charge in [0.1, 0.15) is 11.5 Å². The van der Waals surface area contributed by atoms with Crippen LogP contribution in [0.1, 0.15) is 32.4 Å². The Hall–Kier alpha value is -1.95. The van der Waals surface area contributed by atoms with Crippen LogP contribution in [0.15, 0.2) is 23.2 Å². The van der Waals surface area contributed by atoms with Crippen LogP contribution >= 0.6 is 0 Å². The Morgan fingerprint density at radius 1 is 1.22 bits per heavy atom. The molecule has 23 heavy (non-hydrogen) atoms. The number of aliphatic imine (C=N–C) groups is 1. The fraction of sp³-hybridized carbons (Fsp3) is 0.588. The Morgan fingerprint density at radius 2 is 1.96 bits per heavy atom. The third-order valence-corrected chi connectivity index (χ3v) is 3.22. The first-order valence-corrected chi connectivity index (χ1v) is 7.93. The van der Waals surface area contributed by atoms with Gasteiger partial charge < -0.3 is 25.2 Å². The highest BCUT2D eigenvalue weighted by Gasteiger charge is 2.15. The molecule has 3 N–H and O–H groups in total. The van der Waals surface area contributed by atoms with Crippen molar-refractivity contribution in [2.24, 2.45) is 10.9 Å². The van der Waals surface area contributed by atoms with Crippen LogP contribution in [-0.4, -0.2) is 44.9 Å².